The Labute approximate surface area is 100 Å². The van der Waals surface area contributed by atoms with Crippen molar-refractivity contribution in [2.75, 3.05) is 18.2 Å². The fourth-order valence-electron chi connectivity index (χ4n) is 1.85. The maximum Gasteiger partial charge on any atom is 0.231 e. The zero-order valence-corrected chi connectivity index (χ0v) is 10.5. The topological polar surface area (TPSA) is 66.5 Å². The fraction of sp³-hybridized carbons (Fsp3) is 0.364. The van der Waals surface area contributed by atoms with E-state index >= 15 is 0 Å². The number of rotatable bonds is 3. The Morgan fingerprint density at radius 3 is 2.76 bits per heavy atom. The summed E-state index contributed by atoms with van der Waals surface area (Å²) in [5.74, 6) is 0.0632. The first-order chi connectivity index (χ1) is 7.87. The van der Waals surface area contributed by atoms with Gasteiger partial charge in [-0.3, -0.25) is 4.79 Å². The predicted molar refractivity (Wildman–Crippen MR) is 65.2 cm³/mol. The van der Waals surface area contributed by atoms with Gasteiger partial charge in [0.15, 0.2) is 0 Å². The van der Waals surface area contributed by atoms with E-state index in [1.807, 2.05) is 18.2 Å². The van der Waals surface area contributed by atoms with Gasteiger partial charge in [0.2, 0.25) is 15.9 Å². The van der Waals surface area contributed by atoms with Crippen molar-refractivity contribution >= 4 is 21.6 Å². The van der Waals surface area contributed by atoms with Crippen LogP contribution in [0.1, 0.15) is 11.1 Å². The molecule has 1 N–H and O–H groups in total. The first kappa shape index (κ1) is 12.1. The van der Waals surface area contributed by atoms with Crippen molar-refractivity contribution in [1.82, 2.24) is 4.72 Å². The summed E-state index contributed by atoms with van der Waals surface area (Å²) in [5, 5.41) is 0. The molecular weight excluding hydrogens is 240 g/mol. The number of anilines is 1. The molecule has 6 heteroatoms. The molecule has 1 aliphatic heterocycles. The van der Waals surface area contributed by atoms with Crippen LogP contribution in [-0.2, 0) is 27.8 Å². The van der Waals surface area contributed by atoms with Gasteiger partial charge in [-0.15, -0.1) is 0 Å². The lowest BCUT2D eigenvalue weighted by molar-refractivity contribution is -0.117. The van der Waals surface area contributed by atoms with Crippen molar-refractivity contribution in [3.63, 3.8) is 0 Å². The zero-order chi connectivity index (χ0) is 12.6. The van der Waals surface area contributed by atoms with Crippen molar-refractivity contribution in [2.45, 2.75) is 13.0 Å². The second kappa shape index (κ2) is 4.12. The van der Waals surface area contributed by atoms with Crippen molar-refractivity contribution in [3.8, 4) is 0 Å². The smallest absolute Gasteiger partial charge is 0.231 e. The Kier molecular flexibility index (Phi) is 2.92. The number of benzene rings is 1. The number of sulfonamides is 1. The summed E-state index contributed by atoms with van der Waals surface area (Å²) < 4.78 is 24.4. The van der Waals surface area contributed by atoms with E-state index in [4.69, 9.17) is 0 Å². The second-order valence-corrected chi connectivity index (χ2v) is 6.02. The molecule has 0 aromatic heterocycles. The highest BCUT2D eigenvalue weighted by atomic mass is 32.2. The SMILES string of the molecule is CN1C(=O)Cc2cc(CNS(C)(=O)=O)ccc21. The molecule has 0 saturated heterocycles. The number of carbonyl (C=O) groups excluding carboxylic acids is 1. The summed E-state index contributed by atoms with van der Waals surface area (Å²) in [4.78, 5) is 13.1. The second-order valence-electron chi connectivity index (χ2n) is 4.19. The van der Waals surface area contributed by atoms with Crippen LogP contribution in [0.2, 0.25) is 0 Å². The molecule has 1 amide bonds. The minimum atomic E-state index is -3.19. The van der Waals surface area contributed by atoms with Crippen molar-refractivity contribution in [2.24, 2.45) is 0 Å². The number of amides is 1. The van der Waals surface area contributed by atoms with Gasteiger partial charge < -0.3 is 4.90 Å². The molecule has 0 fully saturated rings. The summed E-state index contributed by atoms with van der Waals surface area (Å²) in [6.45, 7) is 0.254. The molecule has 1 aliphatic rings. The minimum absolute atomic E-state index is 0.0632. The maximum absolute atomic E-state index is 11.5. The lowest BCUT2D eigenvalue weighted by atomic mass is 10.1. The van der Waals surface area contributed by atoms with E-state index in [0.717, 1.165) is 23.1 Å². The van der Waals surface area contributed by atoms with E-state index in [9.17, 15) is 13.2 Å². The quantitative estimate of drug-likeness (QED) is 0.841. The highest BCUT2D eigenvalue weighted by molar-refractivity contribution is 7.88. The van der Waals surface area contributed by atoms with Crippen molar-refractivity contribution in [1.29, 1.82) is 0 Å². The van der Waals surface area contributed by atoms with Crippen LogP contribution in [0.3, 0.4) is 0 Å². The van der Waals surface area contributed by atoms with Gasteiger partial charge in [0.05, 0.1) is 12.7 Å². The van der Waals surface area contributed by atoms with Crippen LogP contribution in [0.5, 0.6) is 0 Å². The summed E-state index contributed by atoms with van der Waals surface area (Å²) in [7, 11) is -1.45. The summed E-state index contributed by atoms with van der Waals surface area (Å²) in [6, 6.07) is 5.54. The predicted octanol–water partition coefficient (Wildman–Crippen LogP) is 0.255. The lowest BCUT2D eigenvalue weighted by Gasteiger charge is -2.10. The molecule has 1 aromatic rings. The van der Waals surface area contributed by atoms with E-state index in [1.54, 1.807) is 11.9 Å². The van der Waals surface area contributed by atoms with Crippen molar-refractivity contribution < 1.29 is 13.2 Å². The number of hydrogen-bond donors (Lipinski definition) is 1. The van der Waals surface area contributed by atoms with Gasteiger partial charge in [-0.2, -0.15) is 0 Å². The van der Waals surface area contributed by atoms with E-state index in [1.165, 1.54) is 0 Å². The van der Waals surface area contributed by atoms with Gasteiger partial charge >= 0.3 is 0 Å². The van der Waals surface area contributed by atoms with E-state index in [0.29, 0.717) is 6.42 Å². The Morgan fingerprint density at radius 2 is 2.12 bits per heavy atom. The van der Waals surface area contributed by atoms with Gasteiger partial charge in [0.25, 0.3) is 0 Å². The number of hydrogen-bond acceptors (Lipinski definition) is 3. The average molecular weight is 254 g/mol. The first-order valence-corrected chi connectivity index (χ1v) is 7.09. The summed E-state index contributed by atoms with van der Waals surface area (Å²) in [6.07, 6.45) is 1.51. The number of nitrogens with zero attached hydrogens (tertiary/aromatic N) is 1. The van der Waals surface area contributed by atoms with Gasteiger partial charge in [0.1, 0.15) is 0 Å². The number of nitrogens with one attached hydrogen (secondary N) is 1. The van der Waals surface area contributed by atoms with Crippen LogP contribution in [0.4, 0.5) is 5.69 Å². The summed E-state index contributed by atoms with van der Waals surface area (Å²) >= 11 is 0. The molecule has 0 atom stereocenters. The fourth-order valence-corrected chi connectivity index (χ4v) is 2.28. The van der Waals surface area contributed by atoms with Gasteiger partial charge in [-0.1, -0.05) is 12.1 Å². The Morgan fingerprint density at radius 1 is 1.41 bits per heavy atom. The number of likely N-dealkylation sites (N-methyl/N-ethyl adjacent to an activating group) is 1. The van der Waals surface area contributed by atoms with Crippen LogP contribution >= 0.6 is 0 Å². The van der Waals surface area contributed by atoms with Gasteiger partial charge in [0, 0.05) is 19.3 Å². The molecule has 0 bridgehead atoms. The molecule has 2 rings (SSSR count). The van der Waals surface area contributed by atoms with Gasteiger partial charge in [-0.25, -0.2) is 13.1 Å². The third-order valence-corrected chi connectivity index (χ3v) is 3.43. The third-order valence-electron chi connectivity index (χ3n) is 2.76. The third kappa shape index (κ3) is 2.65. The molecule has 0 spiro atoms. The Balaban J connectivity index is 2.19. The van der Waals surface area contributed by atoms with Crippen LogP contribution in [0.25, 0.3) is 0 Å². The lowest BCUT2D eigenvalue weighted by Crippen LogP contribution is -2.21. The Bertz CT molecular complexity index is 566. The van der Waals surface area contributed by atoms with E-state index in [-0.39, 0.29) is 12.5 Å². The number of carbonyl (C=O) groups is 1. The van der Waals surface area contributed by atoms with E-state index in [2.05, 4.69) is 4.72 Å². The molecule has 0 saturated carbocycles. The van der Waals surface area contributed by atoms with Gasteiger partial charge in [-0.05, 0) is 17.2 Å². The summed E-state index contributed by atoms with van der Waals surface area (Å²) in [5.41, 5.74) is 2.71. The molecule has 0 aliphatic carbocycles. The minimum Gasteiger partial charge on any atom is -0.315 e. The molecular formula is C11H14N2O3S. The molecule has 5 nitrogen and oxygen atoms in total. The monoisotopic (exact) mass is 254 g/mol. The average Bonchev–Trinajstić information content (AvgIpc) is 2.51. The van der Waals surface area contributed by atoms with Crippen molar-refractivity contribution in [3.05, 3.63) is 29.3 Å². The zero-order valence-electron chi connectivity index (χ0n) is 9.73. The first-order valence-electron chi connectivity index (χ1n) is 5.20. The standard InChI is InChI=1S/C11H14N2O3S/c1-13-10-4-3-8(7-12-17(2,15)16)5-9(10)6-11(13)14/h3-5,12H,6-7H2,1-2H3. The van der Waals surface area contributed by atoms with E-state index < -0.39 is 10.0 Å². The maximum atomic E-state index is 11.5. The molecule has 92 valence electrons. The van der Waals surface area contributed by atoms with Crippen LogP contribution in [-0.4, -0.2) is 27.6 Å². The number of fused-ring (bicyclic) bond motifs is 1. The largest absolute Gasteiger partial charge is 0.315 e. The molecule has 17 heavy (non-hydrogen) atoms. The molecule has 1 aromatic carbocycles. The molecule has 1 heterocycles. The van der Waals surface area contributed by atoms with Crippen LogP contribution in [0, 0.1) is 0 Å². The van der Waals surface area contributed by atoms with Crippen LogP contribution in [0.15, 0.2) is 18.2 Å². The highest BCUT2D eigenvalue weighted by Crippen LogP contribution is 2.28. The Hall–Kier alpha value is -1.40. The normalized spacial score (nSPS) is 15.2. The molecule has 0 unspecified atom stereocenters. The molecule has 0 radical (unpaired) electrons. The van der Waals surface area contributed by atoms with Crippen LogP contribution < -0.4 is 9.62 Å². The highest BCUT2D eigenvalue weighted by Gasteiger charge is 2.23.